The summed E-state index contributed by atoms with van der Waals surface area (Å²) in [4.78, 5) is 42.3. The van der Waals surface area contributed by atoms with E-state index in [1.54, 1.807) is 11.6 Å². The van der Waals surface area contributed by atoms with Gasteiger partial charge in [-0.25, -0.2) is 9.78 Å². The maximum absolute atomic E-state index is 12.9. The van der Waals surface area contributed by atoms with Crippen molar-refractivity contribution in [3.8, 4) is 0 Å². The molecule has 0 radical (unpaired) electrons. The summed E-state index contributed by atoms with van der Waals surface area (Å²) in [6.07, 6.45) is 3.81. The van der Waals surface area contributed by atoms with E-state index in [0.717, 1.165) is 11.3 Å². The van der Waals surface area contributed by atoms with E-state index in [-0.39, 0.29) is 17.9 Å². The van der Waals surface area contributed by atoms with Gasteiger partial charge in [-0.1, -0.05) is 20.8 Å². The van der Waals surface area contributed by atoms with Crippen molar-refractivity contribution >= 4 is 34.3 Å². The van der Waals surface area contributed by atoms with Crippen molar-refractivity contribution in [1.82, 2.24) is 15.2 Å². The van der Waals surface area contributed by atoms with E-state index in [9.17, 15) is 14.4 Å². The van der Waals surface area contributed by atoms with Crippen molar-refractivity contribution in [3.05, 3.63) is 11.6 Å². The van der Waals surface area contributed by atoms with Gasteiger partial charge in [-0.15, -0.1) is 11.3 Å². The molecule has 2 heterocycles. The lowest BCUT2D eigenvalue weighted by Crippen LogP contribution is -2.54. The van der Waals surface area contributed by atoms with Crippen LogP contribution in [0.5, 0.6) is 0 Å². The summed E-state index contributed by atoms with van der Waals surface area (Å²) in [7, 11) is 0. The molecular formula is C16H22N4O3S. The quantitative estimate of drug-likeness (QED) is 0.818. The van der Waals surface area contributed by atoms with E-state index < -0.39 is 17.5 Å². The Morgan fingerprint density at radius 3 is 2.83 bits per heavy atom. The van der Waals surface area contributed by atoms with E-state index in [0.29, 0.717) is 23.9 Å². The highest BCUT2D eigenvalue weighted by atomic mass is 32.1. The first-order valence-electron chi connectivity index (χ1n) is 8.04. The maximum atomic E-state index is 12.9. The monoisotopic (exact) mass is 350 g/mol. The van der Waals surface area contributed by atoms with Crippen LogP contribution in [0.15, 0.2) is 11.6 Å². The van der Waals surface area contributed by atoms with Crippen molar-refractivity contribution in [2.45, 2.75) is 45.6 Å². The van der Waals surface area contributed by atoms with Crippen LogP contribution in [-0.4, -0.2) is 39.8 Å². The molecule has 2 atom stereocenters. The van der Waals surface area contributed by atoms with Gasteiger partial charge in [-0.3, -0.25) is 14.5 Å². The van der Waals surface area contributed by atoms with Crippen molar-refractivity contribution in [3.63, 3.8) is 0 Å². The average molecular weight is 350 g/mol. The SMILES string of the molecule is C[C@H]1CC(C)(C)C[C@]2(C1)NC(=O)N(CC(=O)Nc1nccs1)C2=O. The third-order valence-electron chi connectivity index (χ3n) is 4.60. The Kier molecular flexibility index (Phi) is 4.11. The number of hydrogen-bond donors (Lipinski definition) is 2. The second kappa shape index (κ2) is 5.84. The molecule has 1 saturated heterocycles. The van der Waals surface area contributed by atoms with Gasteiger partial charge in [-0.2, -0.15) is 0 Å². The Hall–Kier alpha value is -1.96. The van der Waals surface area contributed by atoms with Gasteiger partial charge < -0.3 is 10.6 Å². The summed E-state index contributed by atoms with van der Waals surface area (Å²) >= 11 is 1.29. The highest BCUT2D eigenvalue weighted by Gasteiger charge is 2.56. The van der Waals surface area contributed by atoms with Gasteiger partial charge in [0.15, 0.2) is 5.13 Å². The van der Waals surface area contributed by atoms with Crippen molar-refractivity contribution in [2.75, 3.05) is 11.9 Å². The van der Waals surface area contributed by atoms with Crippen LogP contribution in [0.25, 0.3) is 0 Å². The number of carbonyl (C=O) groups is 3. The predicted octanol–water partition coefficient (Wildman–Crippen LogP) is 2.22. The zero-order valence-corrected chi connectivity index (χ0v) is 14.9. The number of nitrogens with one attached hydrogen (secondary N) is 2. The largest absolute Gasteiger partial charge is 0.325 e. The van der Waals surface area contributed by atoms with Gasteiger partial charge in [0.25, 0.3) is 5.91 Å². The molecule has 0 aromatic carbocycles. The molecule has 1 aromatic heterocycles. The number of rotatable bonds is 3. The molecule has 2 fully saturated rings. The topological polar surface area (TPSA) is 91.4 Å². The number of hydrogen-bond acceptors (Lipinski definition) is 5. The van der Waals surface area contributed by atoms with Gasteiger partial charge in [0.05, 0.1) is 0 Å². The standard InChI is InChI=1S/C16H22N4O3S/c1-10-6-15(2,3)9-16(7-10)12(22)20(14(23)19-16)8-11(21)18-13-17-4-5-24-13/h4-5,10H,6-9H2,1-3H3,(H,19,23)(H,17,18,21)/t10-,16-/m0/s1. The molecule has 130 valence electrons. The Bertz CT molecular complexity index is 673. The Morgan fingerprint density at radius 2 is 2.21 bits per heavy atom. The molecule has 1 aliphatic heterocycles. The molecule has 8 heteroatoms. The number of aromatic nitrogens is 1. The minimum Gasteiger partial charge on any atom is -0.323 e. The number of carbonyl (C=O) groups excluding carboxylic acids is 3. The van der Waals surface area contributed by atoms with Crippen LogP contribution in [0.4, 0.5) is 9.93 Å². The zero-order chi connectivity index (χ0) is 17.5. The van der Waals surface area contributed by atoms with Crippen LogP contribution in [0, 0.1) is 11.3 Å². The fourth-order valence-corrected chi connectivity index (χ4v) is 4.78. The van der Waals surface area contributed by atoms with E-state index in [1.165, 1.54) is 11.3 Å². The molecule has 0 unspecified atom stereocenters. The van der Waals surface area contributed by atoms with Crippen LogP contribution in [0.1, 0.15) is 40.0 Å². The van der Waals surface area contributed by atoms with Crippen LogP contribution < -0.4 is 10.6 Å². The number of thiazole rings is 1. The van der Waals surface area contributed by atoms with Crippen LogP contribution in [0.3, 0.4) is 0 Å². The van der Waals surface area contributed by atoms with Gasteiger partial charge >= 0.3 is 6.03 Å². The Labute approximate surface area is 144 Å². The number of anilines is 1. The van der Waals surface area contributed by atoms with Crippen LogP contribution in [0.2, 0.25) is 0 Å². The van der Waals surface area contributed by atoms with Crippen molar-refractivity contribution < 1.29 is 14.4 Å². The Morgan fingerprint density at radius 1 is 1.46 bits per heavy atom. The smallest absolute Gasteiger partial charge is 0.323 e. The minimum atomic E-state index is -0.875. The van der Waals surface area contributed by atoms with E-state index >= 15 is 0 Å². The summed E-state index contributed by atoms with van der Waals surface area (Å²) in [5.41, 5.74) is -0.903. The summed E-state index contributed by atoms with van der Waals surface area (Å²) in [6, 6.07) is -0.487. The second-order valence-electron chi connectivity index (χ2n) is 7.64. The first kappa shape index (κ1) is 16.9. The highest BCUT2D eigenvalue weighted by Crippen LogP contribution is 2.46. The fraction of sp³-hybridized carbons (Fsp3) is 0.625. The lowest BCUT2D eigenvalue weighted by molar-refractivity contribution is -0.136. The van der Waals surface area contributed by atoms with Gasteiger partial charge in [0.1, 0.15) is 12.1 Å². The van der Waals surface area contributed by atoms with E-state index in [1.807, 2.05) is 0 Å². The average Bonchev–Trinajstić information content (AvgIpc) is 3.00. The molecule has 3 rings (SSSR count). The lowest BCUT2D eigenvalue weighted by atomic mass is 9.64. The summed E-state index contributed by atoms with van der Waals surface area (Å²) in [5.74, 6) is -0.378. The lowest BCUT2D eigenvalue weighted by Gasteiger charge is -2.43. The third kappa shape index (κ3) is 3.15. The van der Waals surface area contributed by atoms with Gasteiger partial charge in [-0.05, 0) is 30.6 Å². The zero-order valence-electron chi connectivity index (χ0n) is 14.1. The number of imide groups is 1. The molecule has 1 saturated carbocycles. The maximum Gasteiger partial charge on any atom is 0.325 e. The Balaban J connectivity index is 1.73. The van der Waals surface area contributed by atoms with Crippen LogP contribution >= 0.6 is 11.3 Å². The first-order chi connectivity index (χ1) is 11.2. The molecule has 1 spiro atoms. The van der Waals surface area contributed by atoms with Crippen molar-refractivity contribution in [2.24, 2.45) is 11.3 Å². The van der Waals surface area contributed by atoms with Gasteiger partial charge in [0, 0.05) is 11.6 Å². The first-order valence-corrected chi connectivity index (χ1v) is 8.92. The fourth-order valence-electron chi connectivity index (χ4n) is 4.24. The minimum absolute atomic E-state index is 0.0280. The molecular weight excluding hydrogens is 328 g/mol. The van der Waals surface area contributed by atoms with Crippen LogP contribution in [-0.2, 0) is 9.59 Å². The number of amides is 4. The summed E-state index contributed by atoms with van der Waals surface area (Å²) < 4.78 is 0. The molecule has 1 aromatic rings. The molecule has 1 aliphatic carbocycles. The third-order valence-corrected chi connectivity index (χ3v) is 5.29. The molecule has 4 amide bonds. The molecule has 0 bridgehead atoms. The molecule has 24 heavy (non-hydrogen) atoms. The normalized spacial score (nSPS) is 29.0. The van der Waals surface area contributed by atoms with E-state index in [2.05, 4.69) is 36.4 Å². The predicted molar refractivity (Wildman–Crippen MR) is 90.5 cm³/mol. The second-order valence-corrected chi connectivity index (χ2v) is 8.54. The van der Waals surface area contributed by atoms with E-state index in [4.69, 9.17) is 0 Å². The number of urea groups is 1. The number of nitrogens with zero attached hydrogens (tertiary/aromatic N) is 2. The molecule has 2 aliphatic rings. The summed E-state index contributed by atoms with van der Waals surface area (Å²) in [6.45, 7) is 6.03. The van der Waals surface area contributed by atoms with Crippen molar-refractivity contribution in [1.29, 1.82) is 0 Å². The molecule has 2 N–H and O–H groups in total. The van der Waals surface area contributed by atoms with Gasteiger partial charge in [0.2, 0.25) is 5.91 Å². The highest BCUT2D eigenvalue weighted by molar-refractivity contribution is 7.13. The summed E-state index contributed by atoms with van der Waals surface area (Å²) in [5, 5.41) is 7.66. The molecule has 7 nitrogen and oxygen atoms in total.